The van der Waals surface area contributed by atoms with E-state index in [0.717, 1.165) is 0 Å². The maximum Gasteiger partial charge on any atom is 0.178 e. The molecule has 0 aliphatic heterocycles. The molecule has 0 bridgehead atoms. The maximum absolute atomic E-state index is 11.2. The zero-order chi connectivity index (χ0) is 10.1. The maximum atomic E-state index is 11.2. The molecule has 4 nitrogen and oxygen atoms in total. The van der Waals surface area contributed by atoms with E-state index in [9.17, 15) is 9.90 Å². The van der Waals surface area contributed by atoms with E-state index in [1.54, 1.807) is 6.07 Å². The number of hydrogen-bond donors (Lipinski definition) is 1. The van der Waals surface area contributed by atoms with Gasteiger partial charge < -0.3 is 5.11 Å². The lowest BCUT2D eigenvalue weighted by atomic mass is 10.1. The van der Waals surface area contributed by atoms with Gasteiger partial charge in [-0.3, -0.25) is 4.79 Å². The first-order valence-corrected chi connectivity index (χ1v) is 4.13. The van der Waals surface area contributed by atoms with Crippen LogP contribution in [0.15, 0.2) is 24.5 Å². The zero-order valence-electron chi connectivity index (χ0n) is 7.56. The molecule has 1 aromatic heterocycles. The summed E-state index contributed by atoms with van der Waals surface area (Å²) in [6.07, 6.45) is 1.32. The molecule has 0 atom stereocenters. The summed E-state index contributed by atoms with van der Waals surface area (Å²) in [6.45, 7) is 1.45. The minimum Gasteiger partial charge on any atom is -0.508 e. The van der Waals surface area contributed by atoms with Crippen LogP contribution in [-0.4, -0.2) is 20.9 Å². The Balaban J connectivity index is 2.81. The van der Waals surface area contributed by atoms with E-state index in [0.29, 0.717) is 16.6 Å². The van der Waals surface area contributed by atoms with Crippen LogP contribution in [0.5, 0.6) is 5.75 Å². The molecule has 2 aromatic rings. The van der Waals surface area contributed by atoms with Crippen LogP contribution in [0.1, 0.15) is 17.4 Å². The third-order valence-corrected chi connectivity index (χ3v) is 1.95. The van der Waals surface area contributed by atoms with Crippen molar-refractivity contribution in [2.45, 2.75) is 6.92 Å². The quantitative estimate of drug-likeness (QED) is 0.689. The van der Waals surface area contributed by atoms with Crippen LogP contribution >= 0.6 is 0 Å². The van der Waals surface area contributed by atoms with Crippen LogP contribution in [0.2, 0.25) is 0 Å². The number of nitrogens with zero attached hydrogens (tertiary/aromatic N) is 2. The first-order chi connectivity index (χ1) is 6.68. The smallest absolute Gasteiger partial charge is 0.178 e. The number of hydrogen-bond acceptors (Lipinski definition) is 4. The molecule has 0 radical (unpaired) electrons. The van der Waals surface area contributed by atoms with Crippen molar-refractivity contribution in [3.8, 4) is 5.75 Å². The molecule has 0 saturated heterocycles. The number of carbonyl (C=O) groups is 1. The number of fused-ring (bicyclic) bond motifs is 1. The van der Waals surface area contributed by atoms with Gasteiger partial charge in [-0.2, -0.15) is 0 Å². The van der Waals surface area contributed by atoms with Crippen molar-refractivity contribution in [1.29, 1.82) is 0 Å². The molecule has 0 saturated carbocycles. The molecule has 0 fully saturated rings. The van der Waals surface area contributed by atoms with E-state index < -0.39 is 0 Å². The van der Waals surface area contributed by atoms with Gasteiger partial charge in [-0.1, -0.05) is 0 Å². The van der Waals surface area contributed by atoms with E-state index in [1.165, 1.54) is 25.4 Å². The lowest BCUT2D eigenvalue weighted by Crippen LogP contribution is -1.98. The Morgan fingerprint density at radius 3 is 2.86 bits per heavy atom. The third-order valence-electron chi connectivity index (χ3n) is 1.95. The van der Waals surface area contributed by atoms with Crippen LogP contribution in [0.4, 0.5) is 0 Å². The zero-order valence-corrected chi connectivity index (χ0v) is 7.56. The van der Waals surface area contributed by atoms with Gasteiger partial charge in [0.15, 0.2) is 5.78 Å². The summed E-state index contributed by atoms with van der Waals surface area (Å²) in [5.74, 6) is 0.0220. The largest absolute Gasteiger partial charge is 0.508 e. The second kappa shape index (κ2) is 3.06. The standard InChI is InChI=1S/C10H8N2O2/c1-6(13)10-8-3-2-7(14)4-9(8)11-5-12-10/h2-5,14H,1H3. The minimum absolute atomic E-state index is 0.108. The molecule has 14 heavy (non-hydrogen) atoms. The Bertz CT molecular complexity index is 508. The molecule has 2 rings (SSSR count). The van der Waals surface area contributed by atoms with Crippen LogP contribution in [0.25, 0.3) is 10.9 Å². The highest BCUT2D eigenvalue weighted by atomic mass is 16.3. The molecule has 1 heterocycles. The highest BCUT2D eigenvalue weighted by Gasteiger charge is 2.07. The van der Waals surface area contributed by atoms with Gasteiger partial charge in [-0.15, -0.1) is 0 Å². The number of carbonyl (C=O) groups excluding carboxylic acids is 1. The van der Waals surface area contributed by atoms with E-state index in [1.807, 2.05) is 0 Å². The van der Waals surface area contributed by atoms with E-state index in [4.69, 9.17) is 0 Å². The number of phenols is 1. The Morgan fingerprint density at radius 2 is 2.14 bits per heavy atom. The second-order valence-corrected chi connectivity index (χ2v) is 2.98. The lowest BCUT2D eigenvalue weighted by Gasteiger charge is -2.01. The Hall–Kier alpha value is -1.97. The summed E-state index contributed by atoms with van der Waals surface area (Å²) in [5.41, 5.74) is 0.959. The normalized spacial score (nSPS) is 10.4. The fourth-order valence-electron chi connectivity index (χ4n) is 1.33. The Labute approximate surface area is 80.2 Å². The molecule has 0 aliphatic carbocycles. The van der Waals surface area contributed by atoms with E-state index >= 15 is 0 Å². The van der Waals surface area contributed by atoms with Crippen molar-refractivity contribution < 1.29 is 9.90 Å². The number of phenolic OH excluding ortho intramolecular Hbond substituents is 1. The number of aromatic nitrogens is 2. The van der Waals surface area contributed by atoms with E-state index in [-0.39, 0.29) is 11.5 Å². The third kappa shape index (κ3) is 1.31. The van der Waals surface area contributed by atoms with E-state index in [2.05, 4.69) is 9.97 Å². The number of aromatic hydroxyl groups is 1. The Kier molecular flexibility index (Phi) is 1.89. The molecular formula is C10H8N2O2. The van der Waals surface area contributed by atoms with Crippen molar-refractivity contribution in [3.63, 3.8) is 0 Å². The molecule has 4 heteroatoms. The average Bonchev–Trinajstić information content (AvgIpc) is 2.16. The van der Waals surface area contributed by atoms with Crippen molar-refractivity contribution in [1.82, 2.24) is 9.97 Å². The monoisotopic (exact) mass is 188 g/mol. The van der Waals surface area contributed by atoms with Crippen molar-refractivity contribution in [2.24, 2.45) is 0 Å². The number of rotatable bonds is 1. The van der Waals surface area contributed by atoms with Gasteiger partial charge in [0.1, 0.15) is 17.8 Å². The van der Waals surface area contributed by atoms with Gasteiger partial charge in [0.2, 0.25) is 0 Å². The highest BCUT2D eigenvalue weighted by molar-refractivity contribution is 6.04. The topological polar surface area (TPSA) is 63.1 Å². The number of Topliss-reactive ketones (excluding diaryl/α,β-unsaturated/α-hetero) is 1. The fourth-order valence-corrected chi connectivity index (χ4v) is 1.33. The SMILES string of the molecule is CC(=O)c1ncnc2cc(O)ccc12. The fraction of sp³-hybridized carbons (Fsp3) is 0.100. The molecule has 0 amide bonds. The second-order valence-electron chi connectivity index (χ2n) is 2.98. The van der Waals surface area contributed by atoms with Crippen LogP contribution < -0.4 is 0 Å². The van der Waals surface area contributed by atoms with Crippen LogP contribution in [-0.2, 0) is 0 Å². The van der Waals surface area contributed by atoms with Gasteiger partial charge in [-0.25, -0.2) is 9.97 Å². The first-order valence-electron chi connectivity index (χ1n) is 4.13. The van der Waals surface area contributed by atoms with Crippen molar-refractivity contribution >= 4 is 16.7 Å². The van der Waals surface area contributed by atoms with Gasteiger partial charge in [0, 0.05) is 18.4 Å². The van der Waals surface area contributed by atoms with Crippen LogP contribution in [0.3, 0.4) is 0 Å². The molecular weight excluding hydrogens is 180 g/mol. The number of ketones is 1. The number of benzene rings is 1. The van der Waals surface area contributed by atoms with Crippen molar-refractivity contribution in [3.05, 3.63) is 30.2 Å². The van der Waals surface area contributed by atoms with Gasteiger partial charge >= 0.3 is 0 Å². The lowest BCUT2D eigenvalue weighted by molar-refractivity contribution is 0.101. The average molecular weight is 188 g/mol. The molecule has 1 aromatic carbocycles. The van der Waals surface area contributed by atoms with Crippen LogP contribution in [0, 0.1) is 0 Å². The summed E-state index contributed by atoms with van der Waals surface area (Å²) in [7, 11) is 0. The minimum atomic E-state index is -0.108. The summed E-state index contributed by atoms with van der Waals surface area (Å²) in [5, 5.41) is 9.88. The predicted octanol–water partition coefficient (Wildman–Crippen LogP) is 1.54. The van der Waals surface area contributed by atoms with Gasteiger partial charge in [0.05, 0.1) is 5.52 Å². The van der Waals surface area contributed by atoms with Crippen molar-refractivity contribution in [2.75, 3.05) is 0 Å². The highest BCUT2D eigenvalue weighted by Crippen LogP contribution is 2.19. The molecule has 0 spiro atoms. The molecule has 0 unspecified atom stereocenters. The van der Waals surface area contributed by atoms with Gasteiger partial charge in [0.25, 0.3) is 0 Å². The Morgan fingerprint density at radius 1 is 1.36 bits per heavy atom. The summed E-state index contributed by atoms with van der Waals surface area (Å²) >= 11 is 0. The first kappa shape index (κ1) is 8.62. The summed E-state index contributed by atoms with van der Waals surface area (Å²) in [6, 6.07) is 4.66. The van der Waals surface area contributed by atoms with Gasteiger partial charge in [-0.05, 0) is 12.1 Å². The molecule has 70 valence electrons. The summed E-state index contributed by atoms with van der Waals surface area (Å²) in [4.78, 5) is 19.0. The predicted molar refractivity (Wildman–Crippen MR) is 51.2 cm³/mol. The molecule has 0 aliphatic rings. The molecule has 1 N–H and O–H groups in total. The summed E-state index contributed by atoms with van der Waals surface area (Å²) < 4.78 is 0.